The molecule has 0 radical (unpaired) electrons. The first-order valence-corrected chi connectivity index (χ1v) is 9.48. The number of hydrogen-bond acceptors (Lipinski definition) is 4. The number of alkyl halides is 3. The maximum absolute atomic E-state index is 13.7. The average molecular weight is 405 g/mol. The van der Waals surface area contributed by atoms with Gasteiger partial charge in [0.2, 0.25) is 5.82 Å². The molecule has 0 atom stereocenters. The summed E-state index contributed by atoms with van der Waals surface area (Å²) in [4.78, 5) is 6.10. The van der Waals surface area contributed by atoms with Crippen molar-refractivity contribution in [1.82, 2.24) is 14.5 Å². The summed E-state index contributed by atoms with van der Waals surface area (Å²) < 4.78 is 47.5. The molecule has 1 N–H and O–H groups in total. The van der Waals surface area contributed by atoms with Crippen LogP contribution in [0.1, 0.15) is 30.3 Å². The highest BCUT2D eigenvalue weighted by atomic mass is 19.4. The van der Waals surface area contributed by atoms with Crippen LogP contribution in [0.3, 0.4) is 0 Å². The summed E-state index contributed by atoms with van der Waals surface area (Å²) in [6.45, 7) is 2.10. The van der Waals surface area contributed by atoms with E-state index >= 15 is 0 Å². The summed E-state index contributed by atoms with van der Waals surface area (Å²) in [6, 6.07) is 11.6. The van der Waals surface area contributed by atoms with E-state index in [1.165, 1.54) is 11.7 Å². The van der Waals surface area contributed by atoms with E-state index in [-0.39, 0.29) is 11.8 Å². The van der Waals surface area contributed by atoms with Gasteiger partial charge in [-0.1, -0.05) is 12.1 Å². The molecule has 0 saturated carbocycles. The van der Waals surface area contributed by atoms with Crippen LogP contribution in [0.4, 0.5) is 13.2 Å². The van der Waals surface area contributed by atoms with Gasteiger partial charge in [-0.2, -0.15) is 13.2 Å². The van der Waals surface area contributed by atoms with Gasteiger partial charge in [0.1, 0.15) is 11.5 Å². The highest BCUT2D eigenvalue weighted by Gasteiger charge is 2.40. The quantitative estimate of drug-likeness (QED) is 0.689. The van der Waals surface area contributed by atoms with Crippen molar-refractivity contribution >= 4 is 11.0 Å². The Labute approximate surface area is 166 Å². The second kappa shape index (κ2) is 7.59. The highest BCUT2D eigenvalue weighted by molar-refractivity contribution is 5.78. The van der Waals surface area contributed by atoms with E-state index in [1.807, 2.05) is 12.1 Å². The van der Waals surface area contributed by atoms with Gasteiger partial charge in [-0.25, -0.2) is 4.98 Å². The van der Waals surface area contributed by atoms with Gasteiger partial charge in [0.05, 0.1) is 18.1 Å². The van der Waals surface area contributed by atoms with E-state index in [4.69, 9.17) is 4.74 Å². The molecule has 3 aromatic rings. The SMILES string of the molecule is COc1ccc2c(c1)nc(C(F)(F)F)n2C1CCN(Cc2ccc(O)cc2)CC1. The Morgan fingerprint density at radius 2 is 1.79 bits per heavy atom. The summed E-state index contributed by atoms with van der Waals surface area (Å²) >= 11 is 0. The monoisotopic (exact) mass is 405 g/mol. The number of methoxy groups -OCH3 is 1. The molecule has 2 heterocycles. The molecule has 1 saturated heterocycles. The lowest BCUT2D eigenvalue weighted by molar-refractivity contribution is -0.148. The predicted molar refractivity (Wildman–Crippen MR) is 103 cm³/mol. The van der Waals surface area contributed by atoms with Crippen molar-refractivity contribution in [2.75, 3.05) is 20.2 Å². The number of aromatic hydroxyl groups is 1. The van der Waals surface area contributed by atoms with E-state index < -0.39 is 12.0 Å². The van der Waals surface area contributed by atoms with E-state index in [0.29, 0.717) is 49.3 Å². The molecule has 1 aliphatic rings. The van der Waals surface area contributed by atoms with Crippen LogP contribution < -0.4 is 4.74 Å². The van der Waals surface area contributed by atoms with Crippen molar-refractivity contribution in [1.29, 1.82) is 0 Å². The molecule has 2 aromatic carbocycles. The number of nitrogens with zero attached hydrogens (tertiary/aromatic N) is 3. The minimum atomic E-state index is -4.52. The number of piperidine rings is 1. The number of phenolic OH excluding ortho intramolecular Hbond substituents is 1. The molecule has 0 amide bonds. The van der Waals surface area contributed by atoms with Crippen LogP contribution in [0.2, 0.25) is 0 Å². The highest BCUT2D eigenvalue weighted by Crippen LogP contribution is 2.37. The predicted octanol–water partition coefficient (Wildman–Crippen LogP) is 4.61. The normalized spacial score (nSPS) is 16.4. The molecule has 1 aliphatic heterocycles. The van der Waals surface area contributed by atoms with Crippen LogP contribution in [0.5, 0.6) is 11.5 Å². The Morgan fingerprint density at radius 3 is 2.41 bits per heavy atom. The second-order valence-corrected chi connectivity index (χ2v) is 7.33. The van der Waals surface area contributed by atoms with Crippen LogP contribution in [-0.2, 0) is 12.7 Å². The number of benzene rings is 2. The van der Waals surface area contributed by atoms with Crippen molar-refractivity contribution in [3.05, 3.63) is 53.9 Å². The lowest BCUT2D eigenvalue weighted by Gasteiger charge is -2.33. The Hall–Kier alpha value is -2.74. The molecule has 8 heteroatoms. The third-order valence-electron chi connectivity index (χ3n) is 5.41. The summed E-state index contributed by atoms with van der Waals surface area (Å²) in [5, 5.41) is 9.39. The number of likely N-dealkylation sites (tertiary alicyclic amines) is 1. The zero-order valence-electron chi connectivity index (χ0n) is 16.0. The van der Waals surface area contributed by atoms with Crippen LogP contribution in [0.15, 0.2) is 42.5 Å². The maximum Gasteiger partial charge on any atom is 0.449 e. The van der Waals surface area contributed by atoms with E-state index in [2.05, 4.69) is 9.88 Å². The third-order valence-corrected chi connectivity index (χ3v) is 5.41. The van der Waals surface area contributed by atoms with Gasteiger partial charge in [0.15, 0.2) is 0 Å². The van der Waals surface area contributed by atoms with E-state index in [1.54, 1.807) is 30.3 Å². The van der Waals surface area contributed by atoms with Crippen molar-refractivity contribution in [2.24, 2.45) is 0 Å². The third kappa shape index (κ3) is 4.03. The molecule has 0 bridgehead atoms. The van der Waals surface area contributed by atoms with Gasteiger partial charge in [-0.3, -0.25) is 4.90 Å². The summed E-state index contributed by atoms with van der Waals surface area (Å²) in [7, 11) is 1.48. The van der Waals surface area contributed by atoms with Gasteiger partial charge in [0, 0.05) is 31.7 Å². The zero-order valence-corrected chi connectivity index (χ0v) is 16.0. The number of aromatic nitrogens is 2. The molecule has 154 valence electrons. The van der Waals surface area contributed by atoms with Gasteiger partial charge in [-0.05, 0) is 42.7 Å². The fourth-order valence-electron chi connectivity index (χ4n) is 3.97. The molecule has 1 fully saturated rings. The molecule has 5 nitrogen and oxygen atoms in total. The first-order valence-electron chi connectivity index (χ1n) is 9.48. The van der Waals surface area contributed by atoms with Gasteiger partial charge >= 0.3 is 6.18 Å². The van der Waals surface area contributed by atoms with Crippen LogP contribution in [-0.4, -0.2) is 39.8 Å². The molecule has 0 unspecified atom stereocenters. The number of fused-ring (bicyclic) bond motifs is 1. The van der Waals surface area contributed by atoms with Crippen molar-refractivity contribution in [3.63, 3.8) is 0 Å². The minimum Gasteiger partial charge on any atom is -0.508 e. The first-order chi connectivity index (χ1) is 13.8. The number of rotatable bonds is 4. The van der Waals surface area contributed by atoms with Crippen LogP contribution >= 0.6 is 0 Å². The minimum absolute atomic E-state index is 0.218. The van der Waals surface area contributed by atoms with Gasteiger partial charge in [0.25, 0.3) is 0 Å². The molecular formula is C21H22F3N3O2. The summed E-state index contributed by atoms with van der Waals surface area (Å²) in [6.07, 6.45) is -3.30. The van der Waals surface area contributed by atoms with Gasteiger partial charge < -0.3 is 14.4 Å². The van der Waals surface area contributed by atoms with E-state index in [0.717, 1.165) is 5.56 Å². The Balaban J connectivity index is 1.56. The smallest absolute Gasteiger partial charge is 0.449 e. The Morgan fingerprint density at radius 1 is 1.10 bits per heavy atom. The lowest BCUT2D eigenvalue weighted by atomic mass is 10.0. The summed E-state index contributed by atoms with van der Waals surface area (Å²) in [5.41, 5.74) is 1.84. The standard InChI is InChI=1S/C21H22F3N3O2/c1-29-17-6-7-19-18(12-17)25-20(21(22,23)24)27(19)15-8-10-26(11-9-15)13-14-2-4-16(28)5-3-14/h2-7,12,15,28H,8-11,13H2,1H3. The Bertz CT molecular complexity index is 991. The first kappa shape index (κ1) is 19.6. The van der Waals surface area contributed by atoms with Crippen LogP contribution in [0.25, 0.3) is 11.0 Å². The number of hydrogen-bond donors (Lipinski definition) is 1. The Kier molecular flexibility index (Phi) is 5.12. The molecule has 29 heavy (non-hydrogen) atoms. The number of ether oxygens (including phenoxy) is 1. The van der Waals surface area contributed by atoms with Crippen LogP contribution in [0, 0.1) is 0 Å². The number of imidazole rings is 1. The van der Waals surface area contributed by atoms with Gasteiger partial charge in [-0.15, -0.1) is 0 Å². The molecular weight excluding hydrogens is 383 g/mol. The topological polar surface area (TPSA) is 50.5 Å². The van der Waals surface area contributed by atoms with E-state index in [9.17, 15) is 18.3 Å². The average Bonchev–Trinajstić information content (AvgIpc) is 3.09. The molecule has 1 aromatic heterocycles. The summed E-state index contributed by atoms with van der Waals surface area (Å²) in [5.74, 6) is -0.145. The van der Waals surface area contributed by atoms with Crippen molar-refractivity contribution < 1.29 is 23.0 Å². The molecule has 0 spiro atoms. The number of halogens is 3. The largest absolute Gasteiger partial charge is 0.508 e. The zero-order chi connectivity index (χ0) is 20.6. The number of phenols is 1. The van der Waals surface area contributed by atoms with Crippen molar-refractivity contribution in [3.8, 4) is 11.5 Å². The second-order valence-electron chi connectivity index (χ2n) is 7.33. The fraction of sp³-hybridized carbons (Fsp3) is 0.381. The van der Waals surface area contributed by atoms with Crippen molar-refractivity contribution in [2.45, 2.75) is 31.6 Å². The maximum atomic E-state index is 13.7. The molecule has 4 rings (SSSR count). The fourth-order valence-corrected chi connectivity index (χ4v) is 3.97. The lowest BCUT2D eigenvalue weighted by Crippen LogP contribution is -2.35. The molecule has 0 aliphatic carbocycles.